The molecule has 0 saturated carbocycles. The summed E-state index contributed by atoms with van der Waals surface area (Å²) in [7, 11) is 0. The van der Waals surface area contributed by atoms with Gasteiger partial charge in [-0.05, 0) is 49.7 Å². The zero-order valence-corrected chi connectivity index (χ0v) is 21.7. The van der Waals surface area contributed by atoms with Crippen molar-refractivity contribution in [2.24, 2.45) is 0 Å². The Morgan fingerprint density at radius 2 is 1.89 bits per heavy atom. The van der Waals surface area contributed by atoms with Gasteiger partial charge < -0.3 is 5.32 Å². The fourth-order valence-corrected chi connectivity index (χ4v) is 4.85. The predicted octanol–water partition coefficient (Wildman–Crippen LogP) is 4.70. The maximum absolute atomic E-state index is 12.7. The van der Waals surface area contributed by atoms with Gasteiger partial charge in [-0.3, -0.25) is 19.5 Å². The Labute approximate surface area is 219 Å². The monoisotopic (exact) mass is 547 g/mol. The van der Waals surface area contributed by atoms with Gasteiger partial charge >= 0.3 is 0 Å². The number of hydrogen-bond acceptors (Lipinski definition) is 8. The first-order valence-electron chi connectivity index (χ1n) is 10.3. The first-order chi connectivity index (χ1) is 16.8. The van der Waals surface area contributed by atoms with Crippen LogP contribution in [-0.4, -0.2) is 42.5 Å². The van der Waals surface area contributed by atoms with Crippen molar-refractivity contribution in [2.75, 3.05) is 11.1 Å². The summed E-state index contributed by atoms with van der Waals surface area (Å²) in [6.07, 6.45) is 0. The highest BCUT2D eigenvalue weighted by molar-refractivity contribution is 7.99. The lowest BCUT2D eigenvalue weighted by atomic mass is 10.2. The van der Waals surface area contributed by atoms with Gasteiger partial charge in [0.25, 0.3) is 5.91 Å². The number of aryl methyl sites for hydroxylation is 2. The molecule has 2 heterocycles. The van der Waals surface area contributed by atoms with Gasteiger partial charge in [0.05, 0.1) is 22.9 Å². The van der Waals surface area contributed by atoms with Crippen molar-refractivity contribution in [1.82, 2.24) is 30.3 Å². The normalized spacial score (nSPS) is 10.9. The molecule has 2 N–H and O–H groups in total. The maximum atomic E-state index is 12.7. The molecular weight excluding hydrogens is 529 g/mol. The number of nitrogens with one attached hydrogen (secondary N) is 2. The number of carbonyl (C=O) groups excluding carboxylic acids is 2. The van der Waals surface area contributed by atoms with Crippen molar-refractivity contribution in [1.29, 1.82) is 0 Å². The Morgan fingerprint density at radius 3 is 2.63 bits per heavy atom. The van der Waals surface area contributed by atoms with Crippen molar-refractivity contribution in [3.63, 3.8) is 0 Å². The molecule has 0 unspecified atom stereocenters. The molecule has 2 aromatic heterocycles. The summed E-state index contributed by atoms with van der Waals surface area (Å²) in [5.74, 6) is -0.0510. The largest absolute Gasteiger partial charge is 0.345 e. The second-order valence-corrected chi connectivity index (χ2v) is 10.3. The molecule has 2 amide bonds. The van der Waals surface area contributed by atoms with Crippen LogP contribution < -0.4 is 10.6 Å². The number of amides is 2. The number of rotatable bonds is 8. The molecule has 0 aliphatic rings. The van der Waals surface area contributed by atoms with Gasteiger partial charge in [-0.1, -0.05) is 58.4 Å². The smallest absolute Gasteiger partial charge is 0.253 e. The van der Waals surface area contributed by atoms with Crippen LogP contribution in [0.25, 0.3) is 5.69 Å². The van der Waals surface area contributed by atoms with Crippen LogP contribution in [0.4, 0.5) is 5.13 Å². The number of thioether (sulfide) groups is 1. The fraction of sp³-hybridized carbons (Fsp3) is 0.182. The molecule has 0 aliphatic heterocycles. The number of anilines is 1. The number of carbonyl (C=O) groups is 2. The minimum atomic E-state index is -0.391. The second-order valence-electron chi connectivity index (χ2n) is 7.34. The van der Waals surface area contributed by atoms with E-state index in [2.05, 4.69) is 31.0 Å². The molecule has 180 valence electrons. The SMILES string of the molecule is Cc1cccc(-n2c(CNC(=O)c3cc(Cl)ccc3Cl)nnc2SCC(=O)Nc2nnc(C)s2)c1. The minimum Gasteiger partial charge on any atom is -0.345 e. The third kappa shape index (κ3) is 6.37. The Kier molecular flexibility index (Phi) is 8.01. The van der Waals surface area contributed by atoms with Crippen molar-refractivity contribution in [2.45, 2.75) is 25.5 Å². The van der Waals surface area contributed by atoms with Crippen LogP contribution in [0.3, 0.4) is 0 Å². The third-order valence-corrected chi connectivity index (χ3v) is 6.89. The van der Waals surface area contributed by atoms with E-state index in [1.807, 2.05) is 38.1 Å². The van der Waals surface area contributed by atoms with E-state index in [1.165, 1.54) is 29.2 Å². The highest BCUT2D eigenvalue weighted by Gasteiger charge is 2.18. The van der Waals surface area contributed by atoms with Crippen molar-refractivity contribution >= 4 is 63.2 Å². The standard InChI is InChI=1S/C22H19Cl2N7O2S2/c1-12-4-3-5-15(8-12)31-18(10-25-20(33)16-9-14(23)6-7-17(16)24)28-30-22(31)34-11-19(32)26-21-29-27-13(2)35-21/h3-9H,10-11H2,1-2H3,(H,25,33)(H,26,29,32). The average Bonchev–Trinajstić information content (AvgIpc) is 3.43. The van der Waals surface area contributed by atoms with Crippen molar-refractivity contribution < 1.29 is 9.59 Å². The molecule has 0 radical (unpaired) electrons. The van der Waals surface area contributed by atoms with E-state index in [0.717, 1.165) is 16.3 Å². The fourth-order valence-electron chi connectivity index (χ4n) is 3.09. The summed E-state index contributed by atoms with van der Waals surface area (Å²) in [6.45, 7) is 3.87. The minimum absolute atomic E-state index is 0.0828. The molecule has 35 heavy (non-hydrogen) atoms. The van der Waals surface area contributed by atoms with Crippen LogP contribution in [0.5, 0.6) is 0 Å². The summed E-state index contributed by atoms with van der Waals surface area (Å²) in [4.78, 5) is 25.1. The number of halogens is 2. The predicted molar refractivity (Wildman–Crippen MR) is 138 cm³/mol. The quantitative estimate of drug-likeness (QED) is 0.307. The summed E-state index contributed by atoms with van der Waals surface area (Å²) >= 11 is 14.7. The molecule has 13 heteroatoms. The van der Waals surface area contributed by atoms with Gasteiger partial charge in [0.15, 0.2) is 11.0 Å². The molecule has 0 aliphatic carbocycles. The van der Waals surface area contributed by atoms with Crippen LogP contribution >= 0.6 is 46.3 Å². The Bertz CT molecular complexity index is 1390. The Balaban J connectivity index is 1.52. The van der Waals surface area contributed by atoms with Crippen LogP contribution in [0, 0.1) is 13.8 Å². The van der Waals surface area contributed by atoms with Gasteiger partial charge in [-0.25, -0.2) is 0 Å². The first kappa shape index (κ1) is 25.1. The zero-order chi connectivity index (χ0) is 24.9. The highest BCUT2D eigenvalue weighted by atomic mass is 35.5. The summed E-state index contributed by atoms with van der Waals surface area (Å²) in [6, 6.07) is 12.4. The molecule has 9 nitrogen and oxygen atoms in total. The van der Waals surface area contributed by atoms with E-state index in [0.29, 0.717) is 26.2 Å². The molecular formula is C22H19Cl2N7O2S2. The van der Waals surface area contributed by atoms with Gasteiger partial charge in [0, 0.05) is 10.7 Å². The van der Waals surface area contributed by atoms with Crippen LogP contribution in [0.15, 0.2) is 47.6 Å². The van der Waals surface area contributed by atoms with Crippen LogP contribution in [-0.2, 0) is 11.3 Å². The van der Waals surface area contributed by atoms with E-state index in [-0.39, 0.29) is 23.8 Å². The molecule has 2 aromatic carbocycles. The second kappa shape index (κ2) is 11.2. The molecule has 0 bridgehead atoms. The molecule has 0 fully saturated rings. The number of hydrogen-bond donors (Lipinski definition) is 2. The molecule has 0 atom stereocenters. The van der Waals surface area contributed by atoms with Crippen molar-refractivity contribution in [3.8, 4) is 5.69 Å². The summed E-state index contributed by atoms with van der Waals surface area (Å²) in [5, 5.41) is 24.3. The van der Waals surface area contributed by atoms with E-state index in [9.17, 15) is 9.59 Å². The first-order valence-corrected chi connectivity index (χ1v) is 12.8. The molecule has 4 rings (SSSR count). The highest BCUT2D eigenvalue weighted by Crippen LogP contribution is 2.24. The van der Waals surface area contributed by atoms with E-state index in [4.69, 9.17) is 23.2 Å². The lowest BCUT2D eigenvalue weighted by molar-refractivity contribution is -0.113. The van der Waals surface area contributed by atoms with Crippen LogP contribution in [0.2, 0.25) is 10.0 Å². The number of benzene rings is 2. The zero-order valence-electron chi connectivity index (χ0n) is 18.6. The third-order valence-electron chi connectivity index (χ3n) is 4.65. The van der Waals surface area contributed by atoms with E-state index in [1.54, 1.807) is 16.7 Å². The van der Waals surface area contributed by atoms with Gasteiger partial charge in [-0.15, -0.1) is 20.4 Å². The molecule has 4 aromatic rings. The average molecular weight is 548 g/mol. The molecule has 0 spiro atoms. The summed E-state index contributed by atoms with van der Waals surface area (Å²) < 4.78 is 1.81. The van der Waals surface area contributed by atoms with Gasteiger partial charge in [0.1, 0.15) is 5.01 Å². The van der Waals surface area contributed by atoms with Gasteiger partial charge in [-0.2, -0.15) is 0 Å². The van der Waals surface area contributed by atoms with Gasteiger partial charge in [0.2, 0.25) is 11.0 Å². The van der Waals surface area contributed by atoms with E-state index < -0.39 is 5.91 Å². The Morgan fingerprint density at radius 1 is 1.06 bits per heavy atom. The molecule has 0 saturated heterocycles. The number of nitrogens with zero attached hydrogens (tertiary/aromatic N) is 5. The summed E-state index contributed by atoms with van der Waals surface area (Å²) in [5.41, 5.74) is 2.11. The van der Waals surface area contributed by atoms with Crippen LogP contribution in [0.1, 0.15) is 26.8 Å². The Hall–Kier alpha value is -2.99. The van der Waals surface area contributed by atoms with E-state index >= 15 is 0 Å². The topological polar surface area (TPSA) is 115 Å². The van der Waals surface area contributed by atoms with Crippen molar-refractivity contribution in [3.05, 3.63) is 74.5 Å². The lowest BCUT2D eigenvalue weighted by Crippen LogP contribution is -2.25. The lowest BCUT2D eigenvalue weighted by Gasteiger charge is -2.12. The maximum Gasteiger partial charge on any atom is 0.253 e. The number of aromatic nitrogens is 5.